The van der Waals surface area contributed by atoms with E-state index in [-0.39, 0.29) is 12.2 Å². The second kappa shape index (κ2) is 5.03. The van der Waals surface area contributed by atoms with E-state index in [0.717, 1.165) is 12.8 Å². The first-order valence-corrected chi connectivity index (χ1v) is 5.92. The fourth-order valence-corrected chi connectivity index (χ4v) is 1.93. The third kappa shape index (κ3) is 2.51. The van der Waals surface area contributed by atoms with Crippen molar-refractivity contribution >= 4 is 5.97 Å². The zero-order chi connectivity index (χ0) is 13.3. The SMILES string of the molecule is COC(C)c1c(C(=O)O)nnn1CC(O)C1CC1. The van der Waals surface area contributed by atoms with Crippen LogP contribution in [0, 0.1) is 5.92 Å². The van der Waals surface area contributed by atoms with Gasteiger partial charge < -0.3 is 14.9 Å². The summed E-state index contributed by atoms with van der Waals surface area (Å²) in [5, 5.41) is 26.4. The van der Waals surface area contributed by atoms with E-state index in [1.807, 2.05) is 0 Å². The number of aliphatic hydroxyl groups excluding tert-OH is 1. The lowest BCUT2D eigenvalue weighted by Crippen LogP contribution is -2.22. The predicted molar refractivity (Wildman–Crippen MR) is 61.1 cm³/mol. The molecule has 1 heterocycles. The number of aromatic carboxylic acids is 1. The highest BCUT2D eigenvalue weighted by Crippen LogP contribution is 2.33. The van der Waals surface area contributed by atoms with Crippen molar-refractivity contribution in [3.63, 3.8) is 0 Å². The highest BCUT2D eigenvalue weighted by atomic mass is 16.5. The van der Waals surface area contributed by atoms with Gasteiger partial charge in [-0.3, -0.25) is 0 Å². The quantitative estimate of drug-likeness (QED) is 0.766. The number of rotatable bonds is 6. The average Bonchev–Trinajstić information content (AvgIpc) is 3.10. The summed E-state index contributed by atoms with van der Waals surface area (Å²) in [7, 11) is 1.49. The highest BCUT2D eigenvalue weighted by Gasteiger charge is 2.32. The second-order valence-electron chi connectivity index (χ2n) is 4.59. The molecule has 0 radical (unpaired) electrons. The minimum absolute atomic E-state index is 0.118. The van der Waals surface area contributed by atoms with Gasteiger partial charge in [0.2, 0.25) is 0 Å². The zero-order valence-corrected chi connectivity index (χ0v) is 10.4. The normalized spacial score (nSPS) is 18.6. The molecule has 0 saturated heterocycles. The van der Waals surface area contributed by atoms with Crippen molar-refractivity contribution < 1.29 is 19.7 Å². The van der Waals surface area contributed by atoms with E-state index in [2.05, 4.69) is 10.3 Å². The summed E-state index contributed by atoms with van der Waals surface area (Å²) >= 11 is 0. The van der Waals surface area contributed by atoms with Crippen LogP contribution in [-0.4, -0.2) is 44.4 Å². The summed E-state index contributed by atoms with van der Waals surface area (Å²) < 4.78 is 6.57. The van der Waals surface area contributed by atoms with Gasteiger partial charge in [-0.1, -0.05) is 5.21 Å². The molecule has 2 atom stereocenters. The molecule has 1 aromatic heterocycles. The molecule has 0 aliphatic heterocycles. The number of hydrogen-bond acceptors (Lipinski definition) is 5. The lowest BCUT2D eigenvalue weighted by atomic mass is 10.2. The summed E-state index contributed by atoms with van der Waals surface area (Å²) in [6, 6.07) is 0. The van der Waals surface area contributed by atoms with Crippen LogP contribution in [0.1, 0.15) is 42.1 Å². The Kier molecular flexibility index (Phi) is 3.63. The van der Waals surface area contributed by atoms with Gasteiger partial charge >= 0.3 is 5.97 Å². The molecule has 0 bridgehead atoms. The Morgan fingerprint density at radius 3 is 2.78 bits per heavy atom. The fourth-order valence-electron chi connectivity index (χ4n) is 1.93. The van der Waals surface area contributed by atoms with Crippen molar-refractivity contribution in [2.24, 2.45) is 5.92 Å². The molecular formula is C11H17N3O4. The lowest BCUT2D eigenvalue weighted by molar-refractivity contribution is 0.0669. The molecule has 1 aliphatic rings. The monoisotopic (exact) mass is 255 g/mol. The van der Waals surface area contributed by atoms with Gasteiger partial charge in [-0.05, 0) is 25.7 Å². The van der Waals surface area contributed by atoms with Gasteiger partial charge in [-0.2, -0.15) is 0 Å². The summed E-state index contributed by atoms with van der Waals surface area (Å²) in [6.45, 7) is 1.99. The van der Waals surface area contributed by atoms with Gasteiger partial charge in [0.05, 0.1) is 18.8 Å². The van der Waals surface area contributed by atoms with Crippen LogP contribution in [0.2, 0.25) is 0 Å². The Balaban J connectivity index is 2.25. The van der Waals surface area contributed by atoms with Gasteiger partial charge in [0.25, 0.3) is 0 Å². The molecule has 7 nitrogen and oxygen atoms in total. The highest BCUT2D eigenvalue weighted by molar-refractivity contribution is 5.86. The first-order chi connectivity index (χ1) is 8.54. The van der Waals surface area contributed by atoms with Crippen LogP contribution < -0.4 is 0 Å². The maximum atomic E-state index is 11.1. The van der Waals surface area contributed by atoms with Crippen LogP contribution in [0.5, 0.6) is 0 Å². The molecular weight excluding hydrogens is 238 g/mol. The van der Waals surface area contributed by atoms with Crippen LogP contribution in [-0.2, 0) is 11.3 Å². The third-order valence-electron chi connectivity index (χ3n) is 3.24. The molecule has 1 saturated carbocycles. The fraction of sp³-hybridized carbons (Fsp3) is 0.727. The summed E-state index contributed by atoms with van der Waals surface area (Å²) in [5.41, 5.74) is 0.275. The molecule has 2 rings (SSSR count). The molecule has 0 amide bonds. The molecule has 1 aliphatic carbocycles. The van der Waals surface area contributed by atoms with E-state index in [4.69, 9.17) is 9.84 Å². The Bertz CT molecular complexity index is 441. The van der Waals surface area contributed by atoms with Crippen LogP contribution >= 0.6 is 0 Å². The summed E-state index contributed by atoms with van der Waals surface area (Å²) in [4.78, 5) is 11.1. The van der Waals surface area contributed by atoms with Crippen LogP contribution in [0.25, 0.3) is 0 Å². The summed E-state index contributed by atoms with van der Waals surface area (Å²) in [5.74, 6) is -0.839. The number of methoxy groups -OCH3 is 1. The number of aliphatic hydroxyl groups is 1. The number of carboxylic acids is 1. The minimum Gasteiger partial charge on any atom is -0.476 e. The Hall–Kier alpha value is -1.47. The topological polar surface area (TPSA) is 97.5 Å². The maximum absolute atomic E-state index is 11.1. The van der Waals surface area contributed by atoms with Gasteiger partial charge in [-0.25, -0.2) is 9.48 Å². The van der Waals surface area contributed by atoms with E-state index >= 15 is 0 Å². The van der Waals surface area contributed by atoms with Crippen LogP contribution in [0.15, 0.2) is 0 Å². The Morgan fingerprint density at radius 1 is 1.61 bits per heavy atom. The number of nitrogens with zero attached hydrogens (tertiary/aromatic N) is 3. The van der Waals surface area contributed by atoms with Crippen molar-refractivity contribution in [3.05, 3.63) is 11.4 Å². The largest absolute Gasteiger partial charge is 0.476 e. The standard InChI is InChI=1S/C11H17N3O4/c1-6(18-2)10-9(11(16)17)12-13-14(10)5-8(15)7-3-4-7/h6-8,15H,3-5H2,1-2H3,(H,16,17). The smallest absolute Gasteiger partial charge is 0.358 e. The van der Waals surface area contributed by atoms with E-state index in [9.17, 15) is 9.90 Å². The zero-order valence-electron chi connectivity index (χ0n) is 10.4. The molecule has 0 aromatic carbocycles. The molecule has 1 fully saturated rings. The van der Waals surface area contributed by atoms with Crippen LogP contribution in [0.3, 0.4) is 0 Å². The van der Waals surface area contributed by atoms with E-state index in [1.165, 1.54) is 11.8 Å². The van der Waals surface area contributed by atoms with Crippen molar-refractivity contribution in [2.45, 2.75) is 38.5 Å². The van der Waals surface area contributed by atoms with Gasteiger partial charge in [0.1, 0.15) is 5.69 Å². The predicted octanol–water partition coefficient (Wildman–Crippen LogP) is 0.455. The molecule has 7 heteroatoms. The van der Waals surface area contributed by atoms with Crippen molar-refractivity contribution in [1.82, 2.24) is 15.0 Å². The Labute approximate surface area is 104 Å². The number of aromatic nitrogens is 3. The molecule has 2 unspecified atom stereocenters. The van der Waals surface area contributed by atoms with E-state index in [1.54, 1.807) is 6.92 Å². The van der Waals surface area contributed by atoms with Crippen molar-refractivity contribution in [2.75, 3.05) is 7.11 Å². The van der Waals surface area contributed by atoms with Crippen molar-refractivity contribution in [1.29, 1.82) is 0 Å². The van der Waals surface area contributed by atoms with Gasteiger partial charge in [-0.15, -0.1) is 5.10 Å². The molecule has 1 aromatic rings. The first kappa shape index (κ1) is 13.0. The lowest BCUT2D eigenvalue weighted by Gasteiger charge is -2.15. The van der Waals surface area contributed by atoms with E-state index in [0.29, 0.717) is 11.6 Å². The van der Waals surface area contributed by atoms with Gasteiger partial charge in [0.15, 0.2) is 5.69 Å². The average molecular weight is 255 g/mol. The Morgan fingerprint density at radius 2 is 2.28 bits per heavy atom. The van der Waals surface area contributed by atoms with Gasteiger partial charge in [0, 0.05) is 7.11 Å². The van der Waals surface area contributed by atoms with Crippen LogP contribution in [0.4, 0.5) is 0 Å². The molecule has 100 valence electrons. The van der Waals surface area contributed by atoms with E-state index < -0.39 is 18.2 Å². The minimum atomic E-state index is -1.14. The first-order valence-electron chi connectivity index (χ1n) is 5.92. The maximum Gasteiger partial charge on any atom is 0.358 e. The number of carboxylic acid groups (broad SMARTS) is 1. The molecule has 18 heavy (non-hydrogen) atoms. The number of ether oxygens (including phenoxy) is 1. The molecule has 2 N–H and O–H groups in total. The molecule has 0 spiro atoms. The summed E-state index contributed by atoms with van der Waals surface area (Å²) in [6.07, 6.45) is 1.09. The third-order valence-corrected chi connectivity index (χ3v) is 3.24. The van der Waals surface area contributed by atoms with Crippen molar-refractivity contribution in [3.8, 4) is 0 Å². The number of hydrogen-bond donors (Lipinski definition) is 2. The second-order valence-corrected chi connectivity index (χ2v) is 4.59. The number of carbonyl (C=O) groups is 1.